The van der Waals surface area contributed by atoms with Crippen LogP contribution in [0.3, 0.4) is 0 Å². The molecule has 500 valence electrons. The Balaban J connectivity index is 0.873. The number of nitrogens with zero attached hydrogens (tertiary/aromatic N) is 3. The Morgan fingerprint density at radius 2 is 0.495 bits per heavy atom. The second-order valence-corrected chi connectivity index (χ2v) is 31.0. The van der Waals surface area contributed by atoms with Gasteiger partial charge in [0.2, 0.25) is 0 Å². The maximum atomic E-state index is 2.77. The SMILES string of the molecule is c1ccc(-c2ccc(N3c4cc(-n5c6ccccc6c6ccccc65)cc5c4B(c4c3ccc3c4C4(c6ccccc6-c6ccccc64)c4ccccc4-3)c3c(ccc4c3C3(c6ccccc6-c6ccccc63)c3ccccc3-4)N5c3ccc4c(c3)C3(c5ccccc5-c5ccccc53)c3ccccc3-4)cc2)cc1. The van der Waals surface area contributed by atoms with Crippen LogP contribution in [0.25, 0.3) is 105 Å². The Morgan fingerprint density at radius 1 is 0.193 bits per heavy atom. The molecule has 3 heterocycles. The number of rotatable bonds is 4. The fourth-order valence-electron chi connectivity index (χ4n) is 22.9. The highest BCUT2D eigenvalue weighted by molar-refractivity contribution is 7.01. The molecule has 3 spiro atoms. The van der Waals surface area contributed by atoms with Crippen molar-refractivity contribution in [1.29, 1.82) is 0 Å². The molecule has 26 rings (SSSR count). The zero-order chi connectivity index (χ0) is 70.7. The van der Waals surface area contributed by atoms with E-state index in [0.717, 1.165) is 39.5 Å². The molecule has 0 radical (unpaired) electrons. The Kier molecular flexibility index (Phi) is 11.2. The van der Waals surface area contributed by atoms with E-state index in [-0.39, 0.29) is 6.71 Å². The molecule has 4 heteroatoms. The second kappa shape index (κ2) is 20.8. The summed E-state index contributed by atoms with van der Waals surface area (Å²) in [7, 11) is 0. The van der Waals surface area contributed by atoms with Crippen molar-refractivity contribution in [2.75, 3.05) is 9.80 Å². The summed E-state index contributed by atoms with van der Waals surface area (Å²) in [6.45, 7) is -0.376. The molecule has 8 aliphatic rings. The highest BCUT2D eigenvalue weighted by Gasteiger charge is 2.61. The smallest absolute Gasteiger partial charge is 0.253 e. The minimum atomic E-state index is -0.743. The summed E-state index contributed by atoms with van der Waals surface area (Å²) < 4.78 is 2.57. The van der Waals surface area contributed by atoms with Crippen LogP contribution in [-0.4, -0.2) is 11.3 Å². The lowest BCUT2D eigenvalue weighted by molar-refractivity contribution is 0.793. The summed E-state index contributed by atoms with van der Waals surface area (Å²) >= 11 is 0. The van der Waals surface area contributed by atoms with Gasteiger partial charge in [-0.15, -0.1) is 0 Å². The van der Waals surface area contributed by atoms with Crippen molar-refractivity contribution in [2.45, 2.75) is 16.2 Å². The lowest BCUT2D eigenvalue weighted by Gasteiger charge is -2.48. The van der Waals surface area contributed by atoms with Crippen molar-refractivity contribution >= 4 is 79.0 Å². The predicted octanol–water partition coefficient (Wildman–Crippen LogP) is 23.6. The molecule has 18 aromatic rings. The maximum absolute atomic E-state index is 2.77. The maximum Gasteiger partial charge on any atom is 0.253 e. The normalized spacial score (nSPS) is 15.0. The molecule has 0 saturated carbocycles. The van der Waals surface area contributed by atoms with Gasteiger partial charge in [-0.3, -0.25) is 0 Å². The van der Waals surface area contributed by atoms with Crippen LogP contribution in [0.15, 0.2) is 376 Å². The quantitative estimate of drug-likeness (QED) is 0.163. The third kappa shape index (κ3) is 6.92. The van der Waals surface area contributed by atoms with E-state index >= 15 is 0 Å². The van der Waals surface area contributed by atoms with E-state index in [1.807, 2.05) is 0 Å². The molecule has 6 aliphatic carbocycles. The average Bonchev–Trinajstić information content (AvgIpc) is 1.54. The third-order valence-electron chi connectivity index (χ3n) is 26.6. The minimum Gasteiger partial charge on any atom is -0.311 e. The number of anilines is 6. The van der Waals surface area contributed by atoms with Gasteiger partial charge < -0.3 is 14.4 Å². The number of fused-ring (bicyclic) bond motifs is 39. The monoisotopic (exact) mass is 1380 g/mol. The average molecular weight is 1380 g/mol. The van der Waals surface area contributed by atoms with Gasteiger partial charge in [0.15, 0.2) is 0 Å². The van der Waals surface area contributed by atoms with Crippen LogP contribution in [0.4, 0.5) is 34.1 Å². The number of hydrogen-bond donors (Lipinski definition) is 0. The van der Waals surface area contributed by atoms with Gasteiger partial charge in [-0.2, -0.15) is 0 Å². The third-order valence-corrected chi connectivity index (χ3v) is 26.6. The van der Waals surface area contributed by atoms with Crippen molar-refractivity contribution in [1.82, 2.24) is 4.57 Å². The van der Waals surface area contributed by atoms with E-state index in [1.165, 1.54) is 183 Å². The molecule has 0 fully saturated rings. The molecule has 1 aromatic heterocycles. The van der Waals surface area contributed by atoms with E-state index in [4.69, 9.17) is 0 Å². The summed E-state index contributed by atoms with van der Waals surface area (Å²) in [5.41, 5.74) is 45.7. The Bertz CT molecular complexity index is 6910. The molecule has 0 amide bonds. The van der Waals surface area contributed by atoms with E-state index in [1.54, 1.807) is 0 Å². The first-order valence-electron chi connectivity index (χ1n) is 38.4. The largest absolute Gasteiger partial charge is 0.311 e. The molecule has 0 unspecified atom stereocenters. The highest BCUT2D eigenvalue weighted by Crippen LogP contribution is 2.68. The van der Waals surface area contributed by atoms with Crippen molar-refractivity contribution in [3.05, 3.63) is 443 Å². The van der Waals surface area contributed by atoms with Gasteiger partial charge in [0.05, 0.1) is 33.0 Å². The van der Waals surface area contributed by atoms with E-state index < -0.39 is 16.2 Å². The highest BCUT2D eigenvalue weighted by atomic mass is 15.2. The van der Waals surface area contributed by atoms with E-state index in [9.17, 15) is 0 Å². The number of benzene rings is 17. The number of para-hydroxylation sites is 2. The molecule has 17 aromatic carbocycles. The van der Waals surface area contributed by atoms with Crippen molar-refractivity contribution in [3.63, 3.8) is 0 Å². The summed E-state index contributed by atoms with van der Waals surface area (Å²) in [5.74, 6) is 0. The van der Waals surface area contributed by atoms with Gasteiger partial charge in [-0.1, -0.05) is 315 Å². The van der Waals surface area contributed by atoms with Gasteiger partial charge in [-0.25, -0.2) is 0 Å². The van der Waals surface area contributed by atoms with Crippen LogP contribution < -0.4 is 26.2 Å². The van der Waals surface area contributed by atoms with Gasteiger partial charge in [-0.05, 0) is 222 Å². The van der Waals surface area contributed by atoms with Crippen molar-refractivity contribution in [3.8, 4) is 83.6 Å². The molecule has 0 N–H and O–H groups in total. The molecular formula is C105H62BN3. The molecule has 0 atom stereocenters. The Labute approximate surface area is 631 Å². The summed E-state index contributed by atoms with van der Waals surface area (Å²) in [6, 6.07) is 146. The first kappa shape index (κ1) is 58.5. The summed E-state index contributed by atoms with van der Waals surface area (Å²) in [6.07, 6.45) is 0. The van der Waals surface area contributed by atoms with E-state index in [2.05, 4.69) is 390 Å². The zero-order valence-corrected chi connectivity index (χ0v) is 59.2. The zero-order valence-electron chi connectivity index (χ0n) is 59.2. The molecule has 2 aliphatic heterocycles. The van der Waals surface area contributed by atoms with Crippen LogP contribution in [0.5, 0.6) is 0 Å². The van der Waals surface area contributed by atoms with Crippen LogP contribution in [-0.2, 0) is 16.2 Å². The molecule has 0 bridgehead atoms. The van der Waals surface area contributed by atoms with Crippen LogP contribution >= 0.6 is 0 Å². The minimum absolute atomic E-state index is 0.376. The van der Waals surface area contributed by atoms with Gasteiger partial charge in [0.25, 0.3) is 6.71 Å². The standard InChI is InChI=1S/C105H62BN3/c1-2-26-63(27-3-1)64-50-52-65(53-51-64)107-94-58-56-80-75-35-11-22-46-89(75)104(85-42-18-7-30-70(85)71-31-8-19-43-86(71)104)98(80)101(94)106-100-96(107)61-67(109-92-48-24-13-37-78(92)79-38-14-25-49-93(79)109)62-97(100)108(66-54-55-77-74-34-6-17-41-84(74)103(91(77)60-66)82-39-15-4-28-68(82)69-29-5-16-40-83(69)103)95-59-57-81-76-36-12-23-47-90(76)105(99(81)102(95)106)87-44-20-9-32-72(87)73-33-10-21-45-88(73)105/h1-62H. The first-order valence-corrected chi connectivity index (χ1v) is 38.4. The summed E-state index contributed by atoms with van der Waals surface area (Å²) in [5, 5.41) is 2.44. The summed E-state index contributed by atoms with van der Waals surface area (Å²) in [4.78, 5) is 5.48. The predicted molar refractivity (Wildman–Crippen MR) is 449 cm³/mol. The lowest BCUT2D eigenvalue weighted by atomic mass is 9.30. The molecular weight excluding hydrogens is 1310 g/mol. The molecule has 0 saturated heterocycles. The van der Waals surface area contributed by atoms with Crippen molar-refractivity contribution in [2.24, 2.45) is 0 Å². The second-order valence-electron chi connectivity index (χ2n) is 31.0. The molecule has 109 heavy (non-hydrogen) atoms. The number of aromatic nitrogens is 1. The Morgan fingerprint density at radius 3 is 0.899 bits per heavy atom. The van der Waals surface area contributed by atoms with Gasteiger partial charge in [0.1, 0.15) is 0 Å². The lowest BCUT2D eigenvalue weighted by Crippen LogP contribution is -2.64. The first-order chi connectivity index (χ1) is 54.1. The van der Waals surface area contributed by atoms with Crippen molar-refractivity contribution < 1.29 is 0 Å². The molecule has 3 nitrogen and oxygen atoms in total. The fourth-order valence-corrected chi connectivity index (χ4v) is 22.9. The number of hydrogen-bond acceptors (Lipinski definition) is 2. The fraction of sp³-hybridized carbons (Fsp3) is 0.0286. The Hall–Kier alpha value is -13.8. The van der Waals surface area contributed by atoms with Gasteiger partial charge >= 0.3 is 0 Å². The van der Waals surface area contributed by atoms with Gasteiger partial charge in [0, 0.05) is 44.9 Å². The topological polar surface area (TPSA) is 11.4 Å². The van der Waals surface area contributed by atoms with E-state index in [0.29, 0.717) is 0 Å². The van der Waals surface area contributed by atoms with Crippen LogP contribution in [0, 0.1) is 0 Å². The van der Waals surface area contributed by atoms with Crippen LogP contribution in [0.1, 0.15) is 66.8 Å². The van der Waals surface area contributed by atoms with Crippen LogP contribution in [0.2, 0.25) is 0 Å².